The summed E-state index contributed by atoms with van der Waals surface area (Å²) in [5.41, 5.74) is 0.828. The van der Waals surface area contributed by atoms with Crippen LogP contribution in [0.1, 0.15) is 19.8 Å². The van der Waals surface area contributed by atoms with Crippen LogP contribution in [-0.2, 0) is 4.79 Å². The van der Waals surface area contributed by atoms with E-state index in [-0.39, 0.29) is 11.8 Å². The Balaban J connectivity index is 1.89. The van der Waals surface area contributed by atoms with Crippen LogP contribution in [0.5, 0.6) is 5.75 Å². The standard InChI is InChI=1S/C14H20N2O2/c1-2-18-13-7-5-12(6-8-13)16-14(17)11-4-3-9-15-10-11/h5-8,11,15H,2-4,9-10H2,1H3,(H,16,17)/t11-/m0/s1. The first-order valence-electron chi connectivity index (χ1n) is 6.54. The van der Waals surface area contributed by atoms with Crippen LogP contribution in [0.4, 0.5) is 5.69 Å². The number of piperidine rings is 1. The summed E-state index contributed by atoms with van der Waals surface area (Å²) in [6.45, 7) is 4.40. The van der Waals surface area contributed by atoms with Crippen molar-refractivity contribution in [1.29, 1.82) is 0 Å². The topological polar surface area (TPSA) is 50.4 Å². The summed E-state index contributed by atoms with van der Waals surface area (Å²) in [7, 11) is 0. The first-order valence-corrected chi connectivity index (χ1v) is 6.54. The van der Waals surface area contributed by atoms with Gasteiger partial charge in [-0.15, -0.1) is 0 Å². The molecule has 1 heterocycles. The van der Waals surface area contributed by atoms with Crippen LogP contribution in [0.25, 0.3) is 0 Å². The molecule has 1 amide bonds. The van der Waals surface area contributed by atoms with E-state index in [0.717, 1.165) is 37.4 Å². The predicted molar refractivity (Wildman–Crippen MR) is 71.8 cm³/mol. The van der Waals surface area contributed by atoms with Gasteiger partial charge in [0.25, 0.3) is 0 Å². The van der Waals surface area contributed by atoms with Gasteiger partial charge in [-0.2, -0.15) is 0 Å². The summed E-state index contributed by atoms with van der Waals surface area (Å²) >= 11 is 0. The minimum atomic E-state index is 0.0883. The van der Waals surface area contributed by atoms with Gasteiger partial charge in [0.1, 0.15) is 5.75 Å². The minimum absolute atomic E-state index is 0.0883. The normalized spacial score (nSPS) is 19.3. The van der Waals surface area contributed by atoms with E-state index < -0.39 is 0 Å². The number of carbonyl (C=O) groups is 1. The summed E-state index contributed by atoms with van der Waals surface area (Å²) in [4.78, 5) is 12.0. The van der Waals surface area contributed by atoms with Crippen LogP contribution in [0.3, 0.4) is 0 Å². The van der Waals surface area contributed by atoms with E-state index >= 15 is 0 Å². The number of amides is 1. The largest absolute Gasteiger partial charge is 0.494 e. The Kier molecular flexibility index (Phi) is 4.59. The summed E-state index contributed by atoms with van der Waals surface area (Å²) in [6.07, 6.45) is 2.04. The molecule has 1 aliphatic heterocycles. The van der Waals surface area contributed by atoms with Crippen molar-refractivity contribution in [1.82, 2.24) is 5.32 Å². The highest BCUT2D eigenvalue weighted by atomic mass is 16.5. The van der Waals surface area contributed by atoms with E-state index in [2.05, 4.69) is 10.6 Å². The molecule has 1 aliphatic rings. The molecule has 0 bridgehead atoms. The molecule has 1 aromatic rings. The smallest absolute Gasteiger partial charge is 0.228 e. The first-order chi connectivity index (χ1) is 8.79. The van der Waals surface area contributed by atoms with Gasteiger partial charge in [-0.25, -0.2) is 0 Å². The highest BCUT2D eigenvalue weighted by Gasteiger charge is 2.20. The Morgan fingerprint density at radius 2 is 2.22 bits per heavy atom. The van der Waals surface area contributed by atoms with Gasteiger partial charge >= 0.3 is 0 Å². The molecule has 4 nitrogen and oxygen atoms in total. The molecule has 1 atom stereocenters. The molecule has 0 unspecified atom stereocenters. The summed E-state index contributed by atoms with van der Waals surface area (Å²) in [5.74, 6) is 1.02. The van der Waals surface area contributed by atoms with Crippen LogP contribution in [0.15, 0.2) is 24.3 Å². The van der Waals surface area contributed by atoms with Gasteiger partial charge in [-0.3, -0.25) is 4.79 Å². The first kappa shape index (κ1) is 12.9. The zero-order valence-electron chi connectivity index (χ0n) is 10.7. The third-order valence-electron chi connectivity index (χ3n) is 3.10. The highest BCUT2D eigenvalue weighted by Crippen LogP contribution is 2.18. The molecule has 1 aromatic carbocycles. The second-order valence-corrected chi connectivity index (χ2v) is 4.49. The third-order valence-corrected chi connectivity index (χ3v) is 3.10. The lowest BCUT2D eigenvalue weighted by atomic mass is 9.99. The van der Waals surface area contributed by atoms with Crippen LogP contribution in [-0.4, -0.2) is 25.6 Å². The number of ether oxygens (including phenoxy) is 1. The lowest BCUT2D eigenvalue weighted by Crippen LogP contribution is -2.37. The summed E-state index contributed by atoms with van der Waals surface area (Å²) < 4.78 is 5.36. The van der Waals surface area contributed by atoms with Crippen molar-refractivity contribution in [2.45, 2.75) is 19.8 Å². The number of anilines is 1. The van der Waals surface area contributed by atoms with Crippen molar-refractivity contribution in [3.63, 3.8) is 0 Å². The molecule has 1 saturated heterocycles. The van der Waals surface area contributed by atoms with Crippen LogP contribution >= 0.6 is 0 Å². The van der Waals surface area contributed by atoms with Crippen molar-refractivity contribution in [2.75, 3.05) is 25.0 Å². The molecule has 0 radical (unpaired) electrons. The molecule has 0 aliphatic carbocycles. The molecule has 0 spiro atoms. The monoisotopic (exact) mass is 248 g/mol. The van der Waals surface area contributed by atoms with Crippen LogP contribution < -0.4 is 15.4 Å². The van der Waals surface area contributed by atoms with E-state index in [9.17, 15) is 4.79 Å². The molecule has 0 aromatic heterocycles. The average Bonchev–Trinajstić information content (AvgIpc) is 2.42. The second kappa shape index (κ2) is 6.40. The fourth-order valence-corrected chi connectivity index (χ4v) is 2.12. The van der Waals surface area contributed by atoms with Gasteiger partial charge < -0.3 is 15.4 Å². The van der Waals surface area contributed by atoms with Gasteiger partial charge in [0.05, 0.1) is 12.5 Å². The second-order valence-electron chi connectivity index (χ2n) is 4.49. The van der Waals surface area contributed by atoms with E-state index in [1.54, 1.807) is 0 Å². The van der Waals surface area contributed by atoms with Crippen molar-refractivity contribution < 1.29 is 9.53 Å². The lowest BCUT2D eigenvalue weighted by Gasteiger charge is -2.21. The highest BCUT2D eigenvalue weighted by molar-refractivity contribution is 5.92. The van der Waals surface area contributed by atoms with Gasteiger partial charge in [-0.1, -0.05) is 0 Å². The Morgan fingerprint density at radius 1 is 1.44 bits per heavy atom. The predicted octanol–water partition coefficient (Wildman–Crippen LogP) is 2.02. The quantitative estimate of drug-likeness (QED) is 0.857. The van der Waals surface area contributed by atoms with Crippen molar-refractivity contribution in [3.8, 4) is 5.75 Å². The number of nitrogens with one attached hydrogen (secondary N) is 2. The molecule has 1 fully saturated rings. The Bertz CT molecular complexity index is 383. The average molecular weight is 248 g/mol. The maximum Gasteiger partial charge on any atom is 0.228 e. The van der Waals surface area contributed by atoms with Gasteiger partial charge in [0.2, 0.25) is 5.91 Å². The van der Waals surface area contributed by atoms with Crippen molar-refractivity contribution >= 4 is 11.6 Å². The Morgan fingerprint density at radius 3 is 2.83 bits per heavy atom. The molecule has 98 valence electrons. The molecule has 0 saturated carbocycles. The fraction of sp³-hybridized carbons (Fsp3) is 0.500. The third kappa shape index (κ3) is 3.47. The van der Waals surface area contributed by atoms with E-state index in [4.69, 9.17) is 4.74 Å². The van der Waals surface area contributed by atoms with E-state index in [1.165, 1.54) is 0 Å². The van der Waals surface area contributed by atoms with Crippen LogP contribution in [0.2, 0.25) is 0 Å². The molecular formula is C14H20N2O2. The van der Waals surface area contributed by atoms with Crippen molar-refractivity contribution in [3.05, 3.63) is 24.3 Å². The Hall–Kier alpha value is -1.55. The zero-order chi connectivity index (χ0) is 12.8. The number of benzene rings is 1. The molecule has 2 N–H and O–H groups in total. The molecule has 18 heavy (non-hydrogen) atoms. The molecular weight excluding hydrogens is 228 g/mol. The molecule has 4 heteroatoms. The van der Waals surface area contributed by atoms with Gasteiger partial charge in [-0.05, 0) is 50.6 Å². The number of carbonyl (C=O) groups excluding carboxylic acids is 1. The van der Waals surface area contributed by atoms with Gasteiger partial charge in [0.15, 0.2) is 0 Å². The Labute approximate surface area is 108 Å². The lowest BCUT2D eigenvalue weighted by molar-refractivity contribution is -0.120. The SMILES string of the molecule is CCOc1ccc(NC(=O)[C@H]2CCCNC2)cc1. The maximum atomic E-state index is 12.0. The minimum Gasteiger partial charge on any atom is -0.494 e. The molecule has 2 rings (SSSR count). The number of hydrogen-bond donors (Lipinski definition) is 2. The maximum absolute atomic E-state index is 12.0. The zero-order valence-corrected chi connectivity index (χ0v) is 10.7. The van der Waals surface area contributed by atoms with Crippen LogP contribution in [0, 0.1) is 5.92 Å². The summed E-state index contributed by atoms with van der Waals surface area (Å²) in [6, 6.07) is 7.49. The number of rotatable bonds is 4. The van der Waals surface area contributed by atoms with Crippen molar-refractivity contribution in [2.24, 2.45) is 5.92 Å². The number of hydrogen-bond acceptors (Lipinski definition) is 3. The van der Waals surface area contributed by atoms with Gasteiger partial charge in [0, 0.05) is 12.2 Å². The van der Waals surface area contributed by atoms with E-state index in [1.807, 2.05) is 31.2 Å². The van der Waals surface area contributed by atoms with E-state index in [0.29, 0.717) is 6.61 Å². The summed E-state index contributed by atoms with van der Waals surface area (Å²) in [5, 5.41) is 6.19. The fourth-order valence-electron chi connectivity index (χ4n) is 2.12.